The van der Waals surface area contributed by atoms with Crippen LogP contribution in [0.5, 0.6) is 0 Å². The number of hydrogen-bond donors (Lipinski definition) is 0. The molecule has 0 spiro atoms. The number of carbonyl (C=O) groups excluding carboxylic acids is 10. The number of terminal acetylenes is 1. The highest BCUT2D eigenvalue weighted by molar-refractivity contribution is 9.10. The summed E-state index contributed by atoms with van der Waals surface area (Å²) in [4.78, 5) is 116. The van der Waals surface area contributed by atoms with Crippen molar-refractivity contribution in [3.05, 3.63) is 181 Å². The highest BCUT2D eigenvalue weighted by Crippen LogP contribution is 2.49. The molecule has 5 aromatic rings. The predicted octanol–water partition coefficient (Wildman–Crippen LogP) is 19.4. The van der Waals surface area contributed by atoms with E-state index < -0.39 is 102 Å². The van der Waals surface area contributed by atoms with Crippen molar-refractivity contribution >= 4 is 104 Å². The SMILES string of the molecule is C#Cc1ccc([C@H]2O[C@H](COC(C)=O)[C@@H](OC(C)=O)[C@H](C)[C@@H]2C)cc1.C=CCc1cccc([C@H]2O[C@H](COC(C)=O)[C@@H](OC(C)=O)[C@H](C)[C@@H]2C)c1.CC(=O)OC[C@H]1O[C@H](c2cccc(B3OC(C)(C)C(C)(C)O3)c2)[C@@H](C)[C@@H](C)[C@@H]1OC(C)=O.CC(=O)OC[C@H]1O[C@H](c2cccc(Br)c2)[C@@H](C)[C@@H](C)[C@@H]1OC(C)=O.Cc1c(Br)cccc1[C@H]1O[C@H](COC(=O)C(C)(C)C)[C@@H](OC(=O)C(C)(C)C)[C@H](C)[C@@H]1C. The van der Waals surface area contributed by atoms with E-state index in [1.54, 1.807) is 0 Å². The molecule has 6 fully saturated rings. The molecule has 0 unspecified atom stereocenters. The van der Waals surface area contributed by atoms with Crippen LogP contribution in [0.1, 0.15) is 269 Å². The monoisotopic (exact) mass is 2040 g/mol. The Morgan fingerprint density at radius 1 is 0.391 bits per heavy atom. The van der Waals surface area contributed by atoms with Crippen molar-refractivity contribution in [1.29, 1.82) is 0 Å². The van der Waals surface area contributed by atoms with Crippen molar-refractivity contribution in [1.82, 2.24) is 0 Å². The quantitative estimate of drug-likeness (QED) is 0.0193. The average Bonchev–Trinajstić information content (AvgIpc) is 1.59. The number of carbonyl (C=O) groups is 10. The molecule has 6 aliphatic heterocycles. The molecule has 138 heavy (non-hydrogen) atoms. The van der Waals surface area contributed by atoms with Gasteiger partial charge in [-0.2, -0.15) is 0 Å². The molecule has 0 N–H and O–H groups in total. The Balaban J connectivity index is 0.000000236. The summed E-state index contributed by atoms with van der Waals surface area (Å²) in [6, 6.07) is 37.9. The van der Waals surface area contributed by atoms with Crippen molar-refractivity contribution < 1.29 is 128 Å². The number of esters is 10. The Kier molecular flexibility index (Phi) is 43.2. The zero-order valence-electron chi connectivity index (χ0n) is 85.9. The number of benzene rings is 5. The summed E-state index contributed by atoms with van der Waals surface area (Å²) >= 11 is 7.09. The molecule has 30 heteroatoms. The maximum atomic E-state index is 12.7. The lowest BCUT2D eigenvalue weighted by Crippen LogP contribution is -2.51. The lowest BCUT2D eigenvalue weighted by atomic mass is 9.75. The molecule has 6 saturated heterocycles. The van der Waals surface area contributed by atoms with Gasteiger partial charge in [-0.1, -0.05) is 198 Å². The lowest BCUT2D eigenvalue weighted by molar-refractivity contribution is -0.214. The summed E-state index contributed by atoms with van der Waals surface area (Å²) in [6.07, 6.45) is 2.10. The van der Waals surface area contributed by atoms with E-state index in [1.807, 2.05) is 200 Å². The van der Waals surface area contributed by atoms with E-state index in [1.165, 1.54) is 61.0 Å². The van der Waals surface area contributed by atoms with Crippen LogP contribution in [0, 0.1) is 89.3 Å². The summed E-state index contributed by atoms with van der Waals surface area (Å²) in [5, 5.41) is 0. The normalized spacial score (nSPS) is 29.0. The molecule has 6 aliphatic rings. The zero-order chi connectivity index (χ0) is 103. The smallest absolute Gasteiger partial charge is 0.463 e. The second-order valence-electron chi connectivity index (χ2n) is 40.3. The van der Waals surface area contributed by atoms with E-state index in [2.05, 4.69) is 111 Å². The van der Waals surface area contributed by atoms with Gasteiger partial charge in [0.25, 0.3) is 0 Å². The summed E-state index contributed by atoms with van der Waals surface area (Å²) in [7, 11) is -0.470. The Bertz CT molecular complexity index is 4980. The first-order chi connectivity index (χ1) is 64.4. The minimum Gasteiger partial charge on any atom is -0.463 e. The molecule has 0 radical (unpaired) electrons. The number of rotatable bonds is 23. The summed E-state index contributed by atoms with van der Waals surface area (Å²) in [6.45, 7) is 56.6. The molecule has 0 saturated carbocycles. The Morgan fingerprint density at radius 2 is 0.710 bits per heavy atom. The van der Waals surface area contributed by atoms with Crippen LogP contribution in [0.3, 0.4) is 0 Å². The number of hydrogen-bond acceptors (Lipinski definition) is 27. The second-order valence-corrected chi connectivity index (χ2v) is 42.1. The van der Waals surface area contributed by atoms with Crippen molar-refractivity contribution in [2.75, 3.05) is 33.0 Å². The Morgan fingerprint density at radius 3 is 1.06 bits per heavy atom. The predicted molar refractivity (Wildman–Crippen MR) is 528 cm³/mol. The van der Waals surface area contributed by atoms with Gasteiger partial charge in [0.2, 0.25) is 0 Å². The molecule has 0 bridgehead atoms. The van der Waals surface area contributed by atoms with Crippen molar-refractivity contribution in [3.8, 4) is 12.3 Å². The van der Waals surface area contributed by atoms with Gasteiger partial charge in [0.05, 0.1) is 52.6 Å². The van der Waals surface area contributed by atoms with Gasteiger partial charge in [-0.25, -0.2) is 0 Å². The molecule has 6 heterocycles. The lowest BCUT2D eigenvalue weighted by Gasteiger charge is -2.45. The van der Waals surface area contributed by atoms with Gasteiger partial charge in [-0.3, -0.25) is 47.9 Å². The Hall–Kier alpha value is -9.16. The van der Waals surface area contributed by atoms with Crippen molar-refractivity contribution in [2.45, 2.75) is 310 Å². The molecule has 25 atom stereocenters. The minimum absolute atomic E-state index is 0.00119. The average molecular weight is 2050 g/mol. The van der Waals surface area contributed by atoms with Gasteiger partial charge < -0.3 is 80.4 Å². The summed E-state index contributed by atoms with van der Waals surface area (Å²) in [5.74, 6) is -0.359. The highest BCUT2D eigenvalue weighted by Gasteiger charge is 2.54. The van der Waals surface area contributed by atoms with Crippen LogP contribution >= 0.6 is 31.9 Å². The molecule has 0 aliphatic carbocycles. The molecule has 27 nitrogen and oxygen atoms in total. The second kappa shape index (κ2) is 51.5. The zero-order valence-corrected chi connectivity index (χ0v) is 89.0. The first-order valence-electron chi connectivity index (χ1n) is 47.5. The Labute approximate surface area is 834 Å². The van der Waals surface area contributed by atoms with E-state index in [4.69, 9.17) is 86.8 Å². The van der Waals surface area contributed by atoms with Crippen LogP contribution in [0.2, 0.25) is 0 Å². The maximum absolute atomic E-state index is 12.7. The van der Waals surface area contributed by atoms with E-state index in [-0.39, 0.29) is 170 Å². The van der Waals surface area contributed by atoms with Gasteiger partial charge >= 0.3 is 66.8 Å². The largest absolute Gasteiger partial charge is 0.494 e. The molecular weight excluding hydrogens is 1900 g/mol. The highest BCUT2D eigenvalue weighted by atomic mass is 79.9. The minimum atomic E-state index is -0.632. The first-order valence-corrected chi connectivity index (χ1v) is 49.1. The molecular formula is C108H147BBr2O27. The van der Waals surface area contributed by atoms with Gasteiger partial charge in [-0.05, 0) is 187 Å². The molecule has 0 aromatic heterocycles. The number of ether oxygens (including phenoxy) is 15. The molecule has 11 rings (SSSR count). The summed E-state index contributed by atoms with van der Waals surface area (Å²) in [5.41, 5.74) is 7.06. The third-order valence-corrected chi connectivity index (χ3v) is 28.4. The van der Waals surface area contributed by atoms with Gasteiger partial charge in [0, 0.05) is 99.5 Å². The summed E-state index contributed by atoms with van der Waals surface area (Å²) < 4.78 is 100. The maximum Gasteiger partial charge on any atom is 0.494 e. The van der Waals surface area contributed by atoms with Crippen LogP contribution in [-0.2, 0) is 135 Å². The van der Waals surface area contributed by atoms with Gasteiger partial charge in [-0.15, -0.1) is 13.0 Å². The molecule has 758 valence electrons. The first kappa shape index (κ1) is 116. The van der Waals surface area contributed by atoms with E-state index in [0.29, 0.717) is 0 Å². The van der Waals surface area contributed by atoms with E-state index in [0.717, 1.165) is 59.8 Å². The standard InChI is InChI=1S/C25H37BrO5.C24H35BO7.C21H28O5.C20H24O5.C18H23BrO5/c1-14-15(2)21(31-23(28)25(7,8)9)19(13-29-22(27)24(4,5)6)30-20(14)17-11-10-12-18(26)16(17)3;1-14-15(2)22(29-17(4)27)20(13-28-16(3)26)30-21(14)18-10-9-11-19(12-18)25-31-23(5,6)24(7,8)32-25;1-6-8-17-9-7-10-18(11-17)20-13(2)14(3)21(25-16(5)23)19(26-20)12-24-15(4)22;1-6-16-7-9-17(10-8-16)19-12(2)13(3)20(24-15(5)22)18(25-19)11-23-14(4)21;1-10-11(2)18(23-13(4)21)16(9-22-12(3)20)24-17(10)14-6-5-7-15(19)8-14/h10-12,14-15,19-21H,13H2,1-9H3;9-12,14-15,20-22H,13H2,1-8H3;6-7,9-11,13-14,19-21H,1,8,12H2,2-5H3;1,7-10,12-13,18-20H,11H2,2-5H3;5-8,10-11,16-18H,9H2,1-4H3/t14-,15+,19+,20-,21-;14-,15+,20+,21-,22-;13-,14+,19+,20-,21-;12-,13+,18+,19-,20-;10-,11+,16+,17-,18-/m00000/s1. The third-order valence-electron chi connectivity index (χ3n) is 27.0. The number of allylic oxidation sites excluding steroid dienone is 1. The fraction of sp³-hybridized carbons (Fsp3) is 0.593. The van der Waals surface area contributed by atoms with Crippen LogP contribution < -0.4 is 5.46 Å². The van der Waals surface area contributed by atoms with E-state index >= 15 is 0 Å². The van der Waals surface area contributed by atoms with Crippen LogP contribution in [0.25, 0.3) is 0 Å². The molecule has 5 aromatic carbocycles. The number of halogens is 2. The van der Waals surface area contributed by atoms with E-state index in [9.17, 15) is 47.9 Å². The van der Waals surface area contributed by atoms with Gasteiger partial charge in [0.15, 0.2) is 0 Å². The fourth-order valence-corrected chi connectivity index (χ4v) is 18.3. The van der Waals surface area contributed by atoms with Crippen molar-refractivity contribution in [2.24, 2.45) is 70.0 Å². The fourth-order valence-electron chi connectivity index (χ4n) is 17.5. The van der Waals surface area contributed by atoms with Crippen LogP contribution in [0.15, 0.2) is 137 Å². The third kappa shape index (κ3) is 32.2. The topological polar surface area (TPSA) is 328 Å². The van der Waals surface area contributed by atoms with Crippen LogP contribution in [-0.4, -0.2) is 172 Å². The molecule has 0 amide bonds. The van der Waals surface area contributed by atoms with Gasteiger partial charge in [0.1, 0.15) is 94.1 Å². The van der Waals surface area contributed by atoms with Crippen molar-refractivity contribution in [3.63, 3.8) is 0 Å². The van der Waals surface area contributed by atoms with Crippen LogP contribution in [0.4, 0.5) is 0 Å².